The van der Waals surface area contributed by atoms with Crippen LogP contribution in [0.25, 0.3) is 0 Å². The molecule has 0 saturated heterocycles. The minimum absolute atomic E-state index is 0.115. The maximum atomic E-state index is 12.2. The van der Waals surface area contributed by atoms with Crippen molar-refractivity contribution in [3.63, 3.8) is 0 Å². The summed E-state index contributed by atoms with van der Waals surface area (Å²) in [6.45, 7) is 0.0689. The summed E-state index contributed by atoms with van der Waals surface area (Å²) in [5.74, 6) is 0.181. The van der Waals surface area contributed by atoms with Gasteiger partial charge in [-0.25, -0.2) is 0 Å². The van der Waals surface area contributed by atoms with Gasteiger partial charge in [-0.3, -0.25) is 14.4 Å². The van der Waals surface area contributed by atoms with Crippen molar-refractivity contribution in [2.45, 2.75) is 6.42 Å². The molecule has 9 heteroatoms. The maximum Gasteiger partial charge on any atom is 0.287 e. The summed E-state index contributed by atoms with van der Waals surface area (Å²) in [4.78, 5) is 37.2. The molecule has 0 saturated carbocycles. The largest absolute Gasteiger partial charge is 0.493 e. The Bertz CT molecular complexity index is 835. The molecule has 0 aliphatic heterocycles. The predicted molar refractivity (Wildman–Crippen MR) is 105 cm³/mol. The van der Waals surface area contributed by atoms with Crippen molar-refractivity contribution < 1.29 is 28.3 Å². The van der Waals surface area contributed by atoms with Gasteiger partial charge in [0.05, 0.1) is 33.6 Å². The summed E-state index contributed by atoms with van der Waals surface area (Å²) in [6, 6.07) is 8.65. The molecule has 0 aliphatic carbocycles. The van der Waals surface area contributed by atoms with Gasteiger partial charge in [-0.15, -0.1) is 0 Å². The number of nitrogens with one attached hydrogen (secondary N) is 2. The molecule has 3 amide bonds. The Morgan fingerprint density at radius 1 is 1.03 bits per heavy atom. The van der Waals surface area contributed by atoms with Gasteiger partial charge in [-0.2, -0.15) is 0 Å². The molecule has 29 heavy (non-hydrogen) atoms. The summed E-state index contributed by atoms with van der Waals surface area (Å²) in [5.41, 5.74) is 0.993. The third kappa shape index (κ3) is 6.56. The van der Waals surface area contributed by atoms with E-state index >= 15 is 0 Å². The average molecular weight is 403 g/mol. The third-order valence-corrected chi connectivity index (χ3v) is 4.20. The molecule has 0 fully saturated rings. The summed E-state index contributed by atoms with van der Waals surface area (Å²) < 4.78 is 15.4. The first-order chi connectivity index (χ1) is 13.9. The highest BCUT2D eigenvalue weighted by Gasteiger charge is 2.13. The molecule has 9 nitrogen and oxygen atoms in total. The second kappa shape index (κ2) is 10.7. The zero-order valence-corrected chi connectivity index (χ0v) is 16.7. The monoisotopic (exact) mass is 403 g/mol. The number of likely N-dealkylation sites (N-methyl/N-ethyl adjacent to an activating group) is 1. The molecule has 2 N–H and O–H groups in total. The Kier molecular flexibility index (Phi) is 8.08. The number of nitrogens with zero attached hydrogens (tertiary/aromatic N) is 1. The molecule has 0 atom stereocenters. The van der Waals surface area contributed by atoms with Crippen LogP contribution >= 0.6 is 0 Å². The van der Waals surface area contributed by atoms with Gasteiger partial charge in [0.1, 0.15) is 0 Å². The van der Waals surface area contributed by atoms with Crippen molar-refractivity contribution in [3.05, 3.63) is 47.9 Å². The van der Waals surface area contributed by atoms with E-state index < -0.39 is 11.8 Å². The van der Waals surface area contributed by atoms with Crippen molar-refractivity contribution in [2.24, 2.45) is 0 Å². The first kappa shape index (κ1) is 21.8. The van der Waals surface area contributed by atoms with E-state index in [-0.39, 0.29) is 24.8 Å². The van der Waals surface area contributed by atoms with Crippen molar-refractivity contribution in [1.29, 1.82) is 0 Å². The van der Waals surface area contributed by atoms with Crippen LogP contribution in [-0.4, -0.2) is 63.5 Å². The van der Waals surface area contributed by atoms with Gasteiger partial charge in [0.15, 0.2) is 17.3 Å². The van der Waals surface area contributed by atoms with Crippen molar-refractivity contribution in [2.75, 3.05) is 40.9 Å². The molecule has 156 valence electrons. The van der Waals surface area contributed by atoms with E-state index in [4.69, 9.17) is 13.9 Å². The number of ether oxygens (including phenoxy) is 2. The lowest BCUT2D eigenvalue weighted by atomic mass is 10.1. The van der Waals surface area contributed by atoms with Gasteiger partial charge in [-0.1, -0.05) is 6.07 Å². The summed E-state index contributed by atoms with van der Waals surface area (Å²) in [5, 5.41) is 4.90. The second-order valence-corrected chi connectivity index (χ2v) is 6.19. The quantitative estimate of drug-likeness (QED) is 0.608. The van der Waals surface area contributed by atoms with E-state index in [1.807, 2.05) is 18.2 Å². The van der Waals surface area contributed by atoms with E-state index in [0.29, 0.717) is 24.5 Å². The number of carbonyl (C=O) groups excluding carboxylic acids is 3. The number of rotatable bonds is 10. The number of benzene rings is 1. The minimum Gasteiger partial charge on any atom is -0.493 e. The van der Waals surface area contributed by atoms with E-state index in [1.165, 1.54) is 17.2 Å². The summed E-state index contributed by atoms with van der Waals surface area (Å²) >= 11 is 0. The van der Waals surface area contributed by atoms with Crippen molar-refractivity contribution >= 4 is 17.7 Å². The first-order valence-corrected chi connectivity index (χ1v) is 8.98. The molecular weight excluding hydrogens is 378 g/mol. The SMILES string of the molecule is COc1ccc(CCN(C)C(=O)CNC(=O)CNC(=O)c2ccco2)cc1OC. The van der Waals surface area contributed by atoms with Crippen molar-refractivity contribution in [1.82, 2.24) is 15.5 Å². The molecule has 2 aromatic rings. The smallest absolute Gasteiger partial charge is 0.287 e. The highest BCUT2D eigenvalue weighted by Crippen LogP contribution is 2.27. The Labute approximate surface area is 169 Å². The number of hydrogen-bond donors (Lipinski definition) is 2. The lowest BCUT2D eigenvalue weighted by molar-refractivity contribution is -0.131. The fourth-order valence-electron chi connectivity index (χ4n) is 2.48. The molecule has 0 spiro atoms. The fourth-order valence-corrected chi connectivity index (χ4v) is 2.48. The maximum absolute atomic E-state index is 12.2. The average Bonchev–Trinajstić information content (AvgIpc) is 3.28. The molecule has 0 bridgehead atoms. The van der Waals surface area contributed by atoms with E-state index in [0.717, 1.165) is 5.56 Å². The van der Waals surface area contributed by atoms with Crippen LogP contribution < -0.4 is 20.1 Å². The van der Waals surface area contributed by atoms with Crippen LogP contribution in [0.5, 0.6) is 11.5 Å². The van der Waals surface area contributed by atoms with Gasteiger partial charge in [-0.05, 0) is 36.2 Å². The molecule has 1 heterocycles. The van der Waals surface area contributed by atoms with Gasteiger partial charge in [0.25, 0.3) is 5.91 Å². The topological polar surface area (TPSA) is 110 Å². The molecular formula is C20H25N3O6. The number of methoxy groups -OCH3 is 2. The minimum atomic E-state index is -0.497. The standard InChI is InChI=1S/C20H25N3O6/c1-23(9-8-14-6-7-15(27-2)17(11-14)28-3)19(25)13-21-18(24)12-22-20(26)16-5-4-10-29-16/h4-7,10-11H,8-9,12-13H2,1-3H3,(H,21,24)(H,22,26). The van der Waals surface area contributed by atoms with Crippen LogP contribution in [-0.2, 0) is 16.0 Å². The van der Waals surface area contributed by atoms with E-state index in [2.05, 4.69) is 10.6 Å². The van der Waals surface area contributed by atoms with Gasteiger partial charge in [0.2, 0.25) is 11.8 Å². The molecule has 1 aromatic heterocycles. The summed E-state index contributed by atoms with van der Waals surface area (Å²) in [6.07, 6.45) is 1.99. The van der Waals surface area contributed by atoms with Crippen LogP contribution in [0, 0.1) is 0 Å². The number of hydrogen-bond acceptors (Lipinski definition) is 6. The molecule has 0 unspecified atom stereocenters. The van der Waals surface area contributed by atoms with Crippen molar-refractivity contribution in [3.8, 4) is 11.5 Å². The molecule has 0 aliphatic rings. The van der Waals surface area contributed by atoms with Crippen LogP contribution in [0.3, 0.4) is 0 Å². The van der Waals surface area contributed by atoms with Gasteiger partial charge >= 0.3 is 0 Å². The molecule has 2 rings (SSSR count). The predicted octanol–water partition coefficient (Wildman–Crippen LogP) is 0.844. The number of amides is 3. The van der Waals surface area contributed by atoms with Gasteiger partial charge < -0.3 is 29.4 Å². The number of furan rings is 1. The Balaban J connectivity index is 1.71. The highest BCUT2D eigenvalue weighted by atomic mass is 16.5. The fraction of sp³-hybridized carbons (Fsp3) is 0.350. The lowest BCUT2D eigenvalue weighted by Gasteiger charge is -2.18. The Morgan fingerprint density at radius 3 is 2.45 bits per heavy atom. The van der Waals surface area contributed by atoms with E-state index in [9.17, 15) is 14.4 Å². The van der Waals surface area contributed by atoms with E-state index in [1.54, 1.807) is 27.3 Å². The normalized spacial score (nSPS) is 10.2. The molecule has 1 aromatic carbocycles. The highest BCUT2D eigenvalue weighted by molar-refractivity contribution is 5.94. The second-order valence-electron chi connectivity index (χ2n) is 6.19. The summed E-state index contributed by atoms with van der Waals surface area (Å²) in [7, 11) is 4.80. The van der Waals surface area contributed by atoms with Crippen LogP contribution in [0.15, 0.2) is 41.0 Å². The molecule has 0 radical (unpaired) electrons. The zero-order chi connectivity index (χ0) is 21.2. The number of carbonyl (C=O) groups is 3. The zero-order valence-electron chi connectivity index (χ0n) is 16.7. The van der Waals surface area contributed by atoms with Gasteiger partial charge in [0, 0.05) is 13.6 Å². The van der Waals surface area contributed by atoms with Crippen LogP contribution in [0.4, 0.5) is 0 Å². The first-order valence-electron chi connectivity index (χ1n) is 8.98. The lowest BCUT2D eigenvalue weighted by Crippen LogP contribution is -2.42. The Hall–Kier alpha value is -3.49. The Morgan fingerprint density at radius 2 is 1.79 bits per heavy atom. The van der Waals surface area contributed by atoms with Crippen LogP contribution in [0.1, 0.15) is 16.1 Å². The van der Waals surface area contributed by atoms with Crippen LogP contribution in [0.2, 0.25) is 0 Å². The third-order valence-electron chi connectivity index (χ3n) is 4.20.